The van der Waals surface area contributed by atoms with Gasteiger partial charge in [-0.1, -0.05) is 18.2 Å². The van der Waals surface area contributed by atoms with Gasteiger partial charge in [-0.25, -0.2) is 23.1 Å². The van der Waals surface area contributed by atoms with Crippen molar-refractivity contribution in [3.05, 3.63) is 60.2 Å². The highest BCUT2D eigenvalue weighted by Gasteiger charge is 2.47. The Labute approximate surface area is 180 Å². The number of alkyl halides is 3. The Morgan fingerprint density at radius 3 is 2.34 bits per heavy atom. The Bertz CT molecular complexity index is 1340. The van der Waals surface area contributed by atoms with Crippen molar-refractivity contribution in [1.82, 2.24) is 9.88 Å². The summed E-state index contributed by atoms with van der Waals surface area (Å²) in [5.74, 6) is -0.359. The molecular formula is C20H15F3N4O4S. The molecular weight excluding hydrogens is 449 g/mol. The first-order chi connectivity index (χ1) is 15.0. The maximum atomic E-state index is 12.9. The highest BCUT2D eigenvalue weighted by atomic mass is 32.2. The summed E-state index contributed by atoms with van der Waals surface area (Å²) in [5.41, 5.74) is 1.63. The van der Waals surface area contributed by atoms with Crippen LogP contribution in [0.25, 0.3) is 10.9 Å². The molecule has 166 valence electrons. The van der Waals surface area contributed by atoms with E-state index < -0.39 is 32.2 Å². The van der Waals surface area contributed by atoms with Gasteiger partial charge in [0.05, 0.1) is 16.1 Å². The summed E-state index contributed by atoms with van der Waals surface area (Å²) < 4.78 is 61.2. The van der Waals surface area contributed by atoms with Crippen molar-refractivity contribution in [2.75, 3.05) is 17.2 Å². The summed E-state index contributed by atoms with van der Waals surface area (Å²) in [6.45, 7) is -0.215. The third-order valence-electron chi connectivity index (χ3n) is 4.93. The van der Waals surface area contributed by atoms with Crippen LogP contribution in [-0.4, -0.2) is 42.3 Å². The van der Waals surface area contributed by atoms with Gasteiger partial charge in [-0.3, -0.25) is 4.79 Å². The summed E-state index contributed by atoms with van der Waals surface area (Å²) in [6, 6.07) is 11.4. The number of urea groups is 1. The second-order valence-corrected chi connectivity index (χ2v) is 8.98. The summed E-state index contributed by atoms with van der Waals surface area (Å²) in [7, 11) is -5.54. The molecule has 3 aromatic rings. The molecule has 0 aliphatic carbocycles. The lowest BCUT2D eigenvalue weighted by Crippen LogP contribution is -2.33. The fourth-order valence-corrected chi connectivity index (χ4v) is 4.20. The smallest absolute Gasteiger partial charge is 0.384 e. The minimum Gasteiger partial charge on any atom is -0.384 e. The highest BCUT2D eigenvalue weighted by molar-refractivity contribution is 7.92. The van der Waals surface area contributed by atoms with E-state index >= 15 is 0 Å². The van der Waals surface area contributed by atoms with E-state index in [1.807, 2.05) is 0 Å². The molecule has 0 bridgehead atoms. The number of fused-ring (bicyclic) bond motifs is 1. The maximum absolute atomic E-state index is 12.9. The van der Waals surface area contributed by atoms with E-state index in [0.717, 1.165) is 22.4 Å². The molecule has 2 heterocycles. The Morgan fingerprint density at radius 1 is 1.03 bits per heavy atom. The monoisotopic (exact) mass is 464 g/mol. The molecule has 0 radical (unpaired) electrons. The number of carbonyl (C=O) groups excluding carboxylic acids is 2. The Kier molecular flexibility index (Phi) is 5.04. The average Bonchev–Trinajstić information content (AvgIpc) is 3.00. The number of imide groups is 1. The predicted octanol–water partition coefficient (Wildman–Crippen LogP) is 3.08. The van der Waals surface area contributed by atoms with Crippen LogP contribution < -0.4 is 10.6 Å². The van der Waals surface area contributed by atoms with Crippen LogP contribution in [0.2, 0.25) is 0 Å². The Hall–Kier alpha value is -3.67. The number of anilines is 2. The molecule has 2 N–H and O–H groups in total. The van der Waals surface area contributed by atoms with E-state index in [1.54, 1.807) is 30.3 Å². The predicted molar refractivity (Wildman–Crippen MR) is 109 cm³/mol. The summed E-state index contributed by atoms with van der Waals surface area (Å²) in [5, 5.41) is 0.752. The second kappa shape index (κ2) is 7.48. The number of nitrogens with two attached hydrogens (primary N) is 1. The Morgan fingerprint density at radius 2 is 1.69 bits per heavy atom. The van der Waals surface area contributed by atoms with Gasteiger partial charge in [-0.2, -0.15) is 13.2 Å². The molecule has 0 atom stereocenters. The van der Waals surface area contributed by atoms with Crippen molar-refractivity contribution < 1.29 is 31.2 Å². The molecule has 3 amide bonds. The van der Waals surface area contributed by atoms with Gasteiger partial charge in [0, 0.05) is 11.9 Å². The zero-order valence-electron chi connectivity index (χ0n) is 16.2. The zero-order valence-corrected chi connectivity index (χ0v) is 17.0. The van der Waals surface area contributed by atoms with Crippen LogP contribution in [0.1, 0.15) is 5.56 Å². The average molecular weight is 464 g/mol. The zero-order chi connectivity index (χ0) is 23.3. The Balaban J connectivity index is 1.61. The van der Waals surface area contributed by atoms with Gasteiger partial charge >= 0.3 is 11.5 Å². The number of amides is 3. The summed E-state index contributed by atoms with van der Waals surface area (Å²) in [6.07, 6.45) is 0. The number of benzene rings is 2. The van der Waals surface area contributed by atoms with Crippen LogP contribution in [0.3, 0.4) is 0 Å². The number of carbonyl (C=O) groups is 2. The van der Waals surface area contributed by atoms with E-state index in [0.29, 0.717) is 23.2 Å². The quantitative estimate of drug-likeness (QED) is 0.594. The number of aromatic nitrogens is 1. The van der Waals surface area contributed by atoms with Crippen molar-refractivity contribution in [2.24, 2.45) is 0 Å². The number of halogens is 3. The van der Waals surface area contributed by atoms with Gasteiger partial charge in [-0.05, 0) is 42.0 Å². The fourth-order valence-electron chi connectivity index (χ4n) is 3.44. The van der Waals surface area contributed by atoms with Gasteiger partial charge in [0.1, 0.15) is 12.4 Å². The van der Waals surface area contributed by atoms with Crippen molar-refractivity contribution in [3.63, 3.8) is 0 Å². The first-order valence-electron chi connectivity index (χ1n) is 9.16. The highest BCUT2D eigenvalue weighted by Crippen LogP contribution is 2.32. The topological polar surface area (TPSA) is 114 Å². The van der Waals surface area contributed by atoms with Crippen LogP contribution in [0.5, 0.6) is 0 Å². The largest absolute Gasteiger partial charge is 0.501 e. The molecule has 1 aromatic heterocycles. The van der Waals surface area contributed by atoms with Crippen LogP contribution in [0.15, 0.2) is 59.5 Å². The molecule has 32 heavy (non-hydrogen) atoms. The van der Waals surface area contributed by atoms with Gasteiger partial charge in [0.25, 0.3) is 15.7 Å². The molecule has 0 spiro atoms. The van der Waals surface area contributed by atoms with E-state index in [-0.39, 0.29) is 24.6 Å². The SMILES string of the molecule is Nc1cc(CN2CC(=O)N(c3ccc(S(=O)(=O)C(F)(F)F)cc3)C2=O)c2ccccc2n1. The number of hydrogen-bond acceptors (Lipinski definition) is 6. The van der Waals surface area contributed by atoms with Gasteiger partial charge in [0.15, 0.2) is 0 Å². The molecule has 4 rings (SSSR count). The van der Waals surface area contributed by atoms with Crippen molar-refractivity contribution >= 4 is 44.2 Å². The number of rotatable bonds is 4. The van der Waals surface area contributed by atoms with Gasteiger partial charge < -0.3 is 10.6 Å². The number of nitrogens with zero attached hydrogens (tertiary/aromatic N) is 3. The fraction of sp³-hybridized carbons (Fsp3) is 0.150. The maximum Gasteiger partial charge on any atom is 0.501 e. The molecule has 0 unspecified atom stereocenters. The van der Waals surface area contributed by atoms with E-state index in [9.17, 15) is 31.2 Å². The third-order valence-corrected chi connectivity index (χ3v) is 6.43. The molecule has 1 fully saturated rings. The molecule has 2 aromatic carbocycles. The number of sulfone groups is 1. The van der Waals surface area contributed by atoms with Crippen LogP contribution in [-0.2, 0) is 21.2 Å². The number of para-hydroxylation sites is 1. The number of hydrogen-bond donors (Lipinski definition) is 1. The summed E-state index contributed by atoms with van der Waals surface area (Å²) >= 11 is 0. The van der Waals surface area contributed by atoms with Crippen molar-refractivity contribution in [2.45, 2.75) is 16.9 Å². The lowest BCUT2D eigenvalue weighted by molar-refractivity contribution is -0.116. The number of nitrogen functional groups attached to an aromatic ring is 1. The van der Waals surface area contributed by atoms with Crippen molar-refractivity contribution in [3.8, 4) is 0 Å². The summed E-state index contributed by atoms with van der Waals surface area (Å²) in [4.78, 5) is 30.6. The molecule has 12 heteroatoms. The third kappa shape index (κ3) is 3.62. The number of pyridine rings is 1. The lowest BCUT2D eigenvalue weighted by Gasteiger charge is -2.18. The molecule has 0 saturated carbocycles. The normalized spacial score (nSPS) is 15.1. The minimum absolute atomic E-state index is 0.0391. The van der Waals surface area contributed by atoms with E-state index in [2.05, 4.69) is 4.98 Å². The minimum atomic E-state index is -5.54. The van der Waals surface area contributed by atoms with E-state index in [1.165, 1.54) is 4.90 Å². The van der Waals surface area contributed by atoms with Gasteiger partial charge in [0.2, 0.25) is 0 Å². The van der Waals surface area contributed by atoms with E-state index in [4.69, 9.17) is 5.73 Å². The molecule has 8 nitrogen and oxygen atoms in total. The lowest BCUT2D eigenvalue weighted by atomic mass is 10.1. The first-order valence-corrected chi connectivity index (χ1v) is 10.6. The van der Waals surface area contributed by atoms with Crippen LogP contribution in [0.4, 0.5) is 29.5 Å². The first kappa shape index (κ1) is 21.6. The van der Waals surface area contributed by atoms with Crippen molar-refractivity contribution in [1.29, 1.82) is 0 Å². The second-order valence-electron chi connectivity index (χ2n) is 7.03. The van der Waals surface area contributed by atoms with Crippen LogP contribution in [0, 0.1) is 0 Å². The molecule has 1 saturated heterocycles. The van der Waals surface area contributed by atoms with Crippen LogP contribution >= 0.6 is 0 Å². The standard InChI is InChI=1S/C20H15F3N4O4S/c21-20(22,23)32(30,31)14-7-5-13(6-8-14)27-18(28)11-26(19(27)29)10-12-9-17(24)25-16-4-2-1-3-15(12)16/h1-9H,10-11H2,(H2,24,25). The molecule has 1 aliphatic heterocycles. The molecule has 1 aliphatic rings. The van der Waals surface area contributed by atoms with Gasteiger partial charge in [-0.15, -0.1) is 0 Å².